The van der Waals surface area contributed by atoms with Crippen molar-refractivity contribution in [3.8, 4) is 0 Å². The van der Waals surface area contributed by atoms with E-state index in [0.29, 0.717) is 0 Å². The van der Waals surface area contributed by atoms with Gasteiger partial charge in [0.15, 0.2) is 0 Å². The molecule has 1 nitrogen and oxygen atoms in total. The van der Waals surface area contributed by atoms with Crippen LogP contribution in [0.3, 0.4) is 0 Å². The van der Waals surface area contributed by atoms with Gasteiger partial charge in [-0.3, -0.25) is 4.98 Å². The number of rotatable bonds is 2. The van der Waals surface area contributed by atoms with E-state index in [1.807, 2.05) is 18.2 Å². The highest BCUT2D eigenvalue weighted by Gasteiger charge is 1.94. The van der Waals surface area contributed by atoms with E-state index in [1.165, 1.54) is 0 Å². The highest BCUT2D eigenvalue weighted by molar-refractivity contribution is 9.11. The van der Waals surface area contributed by atoms with Gasteiger partial charge in [-0.1, -0.05) is 44.0 Å². The van der Waals surface area contributed by atoms with Crippen LogP contribution in [-0.2, 0) is 0 Å². The number of aromatic nitrogens is 1. The Bertz CT molecular complexity index is 486. The first-order chi connectivity index (χ1) is 7.74. The van der Waals surface area contributed by atoms with Gasteiger partial charge >= 0.3 is 0 Å². The van der Waals surface area contributed by atoms with Crippen molar-refractivity contribution >= 4 is 44.0 Å². The van der Waals surface area contributed by atoms with Gasteiger partial charge in [-0.25, -0.2) is 0 Å². The van der Waals surface area contributed by atoms with Crippen LogP contribution in [0.5, 0.6) is 0 Å². The summed E-state index contributed by atoms with van der Waals surface area (Å²) in [5.74, 6) is 0. The molecule has 0 fully saturated rings. The molecule has 0 amide bonds. The summed E-state index contributed by atoms with van der Waals surface area (Å²) >= 11 is 6.93. The van der Waals surface area contributed by atoms with E-state index in [0.717, 1.165) is 20.1 Å². The fourth-order valence-corrected chi connectivity index (χ4v) is 2.67. The van der Waals surface area contributed by atoms with Gasteiger partial charge in [-0.2, -0.15) is 0 Å². The smallest absolute Gasteiger partial charge is 0.0273 e. The van der Waals surface area contributed by atoms with E-state index in [1.54, 1.807) is 12.4 Å². The van der Waals surface area contributed by atoms with Crippen molar-refractivity contribution in [2.45, 2.75) is 0 Å². The predicted octanol–water partition coefficient (Wildman–Crippen LogP) is 4.78. The largest absolute Gasteiger partial charge is 0.265 e. The molecule has 16 heavy (non-hydrogen) atoms. The van der Waals surface area contributed by atoms with Gasteiger partial charge in [-0.05, 0) is 41.5 Å². The lowest BCUT2D eigenvalue weighted by molar-refractivity contribution is 1.32. The van der Waals surface area contributed by atoms with Crippen LogP contribution in [-0.4, -0.2) is 4.98 Å². The highest BCUT2D eigenvalue weighted by Crippen LogP contribution is 2.21. The highest BCUT2D eigenvalue weighted by atomic mass is 79.9. The first-order valence-electron chi connectivity index (χ1n) is 4.78. The van der Waals surface area contributed by atoms with Gasteiger partial charge in [0.25, 0.3) is 0 Å². The lowest BCUT2D eigenvalue weighted by atomic mass is 10.1. The molecule has 1 heterocycles. The second-order valence-electron chi connectivity index (χ2n) is 3.32. The zero-order chi connectivity index (χ0) is 11.4. The third-order valence-corrected chi connectivity index (χ3v) is 2.97. The Labute approximate surface area is 111 Å². The predicted molar refractivity (Wildman–Crippen MR) is 75.0 cm³/mol. The number of halogens is 2. The van der Waals surface area contributed by atoms with Gasteiger partial charge in [-0.15, -0.1) is 0 Å². The lowest BCUT2D eigenvalue weighted by Crippen LogP contribution is -1.75. The summed E-state index contributed by atoms with van der Waals surface area (Å²) in [6, 6.07) is 10.1. The van der Waals surface area contributed by atoms with Crippen LogP contribution in [0.25, 0.3) is 12.2 Å². The molecule has 0 atom stereocenters. The van der Waals surface area contributed by atoms with Crippen molar-refractivity contribution in [1.82, 2.24) is 4.98 Å². The van der Waals surface area contributed by atoms with Crippen LogP contribution < -0.4 is 0 Å². The van der Waals surface area contributed by atoms with E-state index in [-0.39, 0.29) is 0 Å². The van der Waals surface area contributed by atoms with E-state index >= 15 is 0 Å². The normalized spacial score (nSPS) is 10.9. The third kappa shape index (κ3) is 3.29. The average Bonchev–Trinajstić information content (AvgIpc) is 2.27. The van der Waals surface area contributed by atoms with Crippen LogP contribution in [0.15, 0.2) is 51.7 Å². The standard InChI is InChI=1S/C13H9Br2N/c14-12-7-11(8-13(15)9-12)2-1-10-3-5-16-6-4-10/h1-9H/b2-1+. The Morgan fingerprint density at radius 2 is 1.38 bits per heavy atom. The maximum absolute atomic E-state index is 3.98. The number of hydrogen-bond donors (Lipinski definition) is 0. The third-order valence-electron chi connectivity index (χ3n) is 2.06. The molecule has 2 rings (SSSR count). The van der Waals surface area contributed by atoms with E-state index in [9.17, 15) is 0 Å². The molecule has 0 aliphatic rings. The monoisotopic (exact) mass is 337 g/mol. The number of pyridine rings is 1. The Hall–Kier alpha value is -0.930. The molecule has 3 heteroatoms. The van der Waals surface area contributed by atoms with Crippen molar-refractivity contribution in [1.29, 1.82) is 0 Å². The molecule has 0 aliphatic carbocycles. The van der Waals surface area contributed by atoms with Crippen LogP contribution in [0.1, 0.15) is 11.1 Å². The average molecular weight is 339 g/mol. The van der Waals surface area contributed by atoms with Crippen LogP contribution in [0.4, 0.5) is 0 Å². The molecule has 0 unspecified atom stereocenters. The van der Waals surface area contributed by atoms with Crippen LogP contribution >= 0.6 is 31.9 Å². The fraction of sp³-hybridized carbons (Fsp3) is 0. The summed E-state index contributed by atoms with van der Waals surface area (Å²) in [6.07, 6.45) is 7.72. The molecular weight excluding hydrogens is 330 g/mol. The Kier molecular flexibility index (Phi) is 3.91. The second kappa shape index (κ2) is 5.41. The minimum Gasteiger partial charge on any atom is -0.265 e. The minimum atomic E-state index is 1.07. The maximum Gasteiger partial charge on any atom is 0.0273 e. The second-order valence-corrected chi connectivity index (χ2v) is 5.15. The number of hydrogen-bond acceptors (Lipinski definition) is 1. The van der Waals surface area contributed by atoms with E-state index in [4.69, 9.17) is 0 Å². The summed E-state index contributed by atoms with van der Waals surface area (Å²) in [4.78, 5) is 3.98. The number of benzene rings is 1. The zero-order valence-corrected chi connectivity index (χ0v) is 11.6. The minimum absolute atomic E-state index is 1.07. The fourth-order valence-electron chi connectivity index (χ4n) is 1.34. The molecule has 0 bridgehead atoms. The zero-order valence-electron chi connectivity index (χ0n) is 8.40. The Balaban J connectivity index is 2.24. The van der Waals surface area contributed by atoms with Crippen molar-refractivity contribution in [2.24, 2.45) is 0 Å². The van der Waals surface area contributed by atoms with Gasteiger partial charge in [0, 0.05) is 21.3 Å². The lowest BCUT2D eigenvalue weighted by Gasteiger charge is -1.97. The van der Waals surface area contributed by atoms with Gasteiger partial charge in [0.05, 0.1) is 0 Å². The van der Waals surface area contributed by atoms with Gasteiger partial charge in [0.2, 0.25) is 0 Å². The van der Waals surface area contributed by atoms with Crippen molar-refractivity contribution < 1.29 is 0 Å². The van der Waals surface area contributed by atoms with Gasteiger partial charge in [0.1, 0.15) is 0 Å². The SMILES string of the molecule is Brc1cc(Br)cc(/C=C/c2ccncc2)c1. The van der Waals surface area contributed by atoms with Gasteiger partial charge < -0.3 is 0 Å². The first kappa shape index (κ1) is 11.6. The van der Waals surface area contributed by atoms with Crippen LogP contribution in [0, 0.1) is 0 Å². The summed E-state index contributed by atoms with van der Waals surface area (Å²) in [5, 5.41) is 0. The molecule has 0 radical (unpaired) electrons. The molecule has 0 spiro atoms. The first-order valence-corrected chi connectivity index (χ1v) is 6.37. The van der Waals surface area contributed by atoms with Crippen molar-refractivity contribution in [3.63, 3.8) is 0 Å². The summed E-state index contributed by atoms with van der Waals surface area (Å²) < 4.78 is 2.13. The van der Waals surface area contributed by atoms with Crippen LogP contribution in [0.2, 0.25) is 0 Å². The maximum atomic E-state index is 3.98. The molecular formula is C13H9Br2N. The summed E-state index contributed by atoms with van der Waals surface area (Å²) in [6.45, 7) is 0. The molecule has 0 saturated carbocycles. The molecule has 1 aromatic heterocycles. The molecule has 80 valence electrons. The Morgan fingerprint density at radius 3 is 2.00 bits per heavy atom. The van der Waals surface area contributed by atoms with Crippen molar-refractivity contribution in [3.05, 3.63) is 62.8 Å². The summed E-state index contributed by atoms with van der Waals surface area (Å²) in [7, 11) is 0. The van der Waals surface area contributed by atoms with Crippen molar-refractivity contribution in [2.75, 3.05) is 0 Å². The summed E-state index contributed by atoms with van der Waals surface area (Å²) in [5.41, 5.74) is 2.30. The van der Waals surface area contributed by atoms with E-state index < -0.39 is 0 Å². The quantitative estimate of drug-likeness (QED) is 0.768. The Morgan fingerprint density at radius 1 is 0.812 bits per heavy atom. The molecule has 1 aromatic carbocycles. The topological polar surface area (TPSA) is 12.9 Å². The molecule has 0 saturated heterocycles. The molecule has 0 aliphatic heterocycles. The van der Waals surface area contributed by atoms with E-state index in [2.05, 4.69) is 61.1 Å². The molecule has 2 aromatic rings. The number of nitrogens with zero attached hydrogens (tertiary/aromatic N) is 1. The molecule has 0 N–H and O–H groups in total.